The number of hydrogen-bond acceptors (Lipinski definition) is 5. The Morgan fingerprint density at radius 3 is 2.33 bits per heavy atom. The molecule has 0 aliphatic heterocycles. The number of sulfonamides is 1. The smallest absolute Gasteiger partial charge is 0.257 e. The quantitative estimate of drug-likeness (QED) is 0.486. The molecule has 0 atom stereocenters. The van der Waals surface area contributed by atoms with E-state index in [1.165, 1.54) is 47.0 Å². The summed E-state index contributed by atoms with van der Waals surface area (Å²) in [5.74, 6) is -0.337. The molecule has 0 radical (unpaired) electrons. The van der Waals surface area contributed by atoms with Crippen molar-refractivity contribution in [1.82, 2.24) is 9.29 Å². The molecule has 8 heteroatoms. The average molecular weight is 438 g/mol. The monoisotopic (exact) mass is 437 g/mol. The minimum absolute atomic E-state index is 0.137. The van der Waals surface area contributed by atoms with Crippen LogP contribution in [0.3, 0.4) is 0 Å². The van der Waals surface area contributed by atoms with E-state index in [1.54, 1.807) is 0 Å². The van der Waals surface area contributed by atoms with Gasteiger partial charge in [-0.2, -0.15) is 4.31 Å². The van der Waals surface area contributed by atoms with Gasteiger partial charge in [-0.25, -0.2) is 13.4 Å². The van der Waals surface area contributed by atoms with Crippen LogP contribution >= 0.6 is 11.3 Å². The lowest BCUT2D eigenvalue weighted by atomic mass is 10.2. The second-order valence-corrected chi connectivity index (χ2v) is 9.79. The highest BCUT2D eigenvalue weighted by Crippen LogP contribution is 2.26. The first-order valence-corrected chi connectivity index (χ1v) is 11.5. The molecule has 1 N–H and O–H groups in total. The fourth-order valence-corrected chi connectivity index (χ4v) is 5.00. The summed E-state index contributed by atoms with van der Waals surface area (Å²) in [6.45, 7) is 0.267. The Balaban J connectivity index is 1.47. The van der Waals surface area contributed by atoms with Gasteiger partial charge in [-0.1, -0.05) is 53.8 Å². The Hall–Kier alpha value is -3.07. The first kappa shape index (κ1) is 20.2. The molecule has 30 heavy (non-hydrogen) atoms. The number of fused-ring (bicyclic) bond motifs is 1. The highest BCUT2D eigenvalue weighted by molar-refractivity contribution is 7.89. The van der Waals surface area contributed by atoms with Crippen LogP contribution < -0.4 is 5.32 Å². The topological polar surface area (TPSA) is 79.4 Å². The zero-order chi connectivity index (χ0) is 21.1. The van der Waals surface area contributed by atoms with Crippen molar-refractivity contribution < 1.29 is 13.2 Å². The Labute approximate surface area is 178 Å². The molecular formula is C22H19N3O3S2. The number of hydrogen-bond donors (Lipinski definition) is 1. The van der Waals surface area contributed by atoms with Crippen LogP contribution in [0.1, 0.15) is 15.9 Å². The molecule has 0 fully saturated rings. The number of thiazole rings is 1. The minimum Gasteiger partial charge on any atom is -0.298 e. The molecule has 152 valence electrons. The zero-order valence-electron chi connectivity index (χ0n) is 16.1. The van der Waals surface area contributed by atoms with Crippen LogP contribution in [0, 0.1) is 0 Å². The second kappa shape index (κ2) is 8.35. The number of benzene rings is 3. The van der Waals surface area contributed by atoms with Crippen LogP contribution in [-0.4, -0.2) is 30.7 Å². The molecule has 0 spiro atoms. The van der Waals surface area contributed by atoms with Crippen molar-refractivity contribution in [2.45, 2.75) is 11.4 Å². The highest BCUT2D eigenvalue weighted by Gasteiger charge is 2.21. The van der Waals surface area contributed by atoms with Gasteiger partial charge in [0.2, 0.25) is 10.0 Å². The lowest BCUT2D eigenvalue weighted by molar-refractivity contribution is 0.102. The van der Waals surface area contributed by atoms with Gasteiger partial charge in [0, 0.05) is 19.2 Å². The number of anilines is 1. The SMILES string of the molecule is CN(Cc1ccccc1)S(=O)(=O)c1ccc(C(=O)Nc2nc3ccccc3s2)cc1. The third-order valence-electron chi connectivity index (χ3n) is 4.59. The van der Waals surface area contributed by atoms with Gasteiger partial charge in [-0.05, 0) is 42.0 Å². The number of amides is 1. The third-order valence-corrected chi connectivity index (χ3v) is 7.36. The van der Waals surface area contributed by atoms with Crippen molar-refractivity contribution in [3.8, 4) is 0 Å². The molecule has 0 aliphatic carbocycles. The predicted molar refractivity (Wildman–Crippen MR) is 119 cm³/mol. The summed E-state index contributed by atoms with van der Waals surface area (Å²) in [6, 6.07) is 22.9. The van der Waals surface area contributed by atoms with E-state index in [4.69, 9.17) is 0 Å². The van der Waals surface area contributed by atoms with Gasteiger partial charge in [0.15, 0.2) is 5.13 Å². The average Bonchev–Trinajstić information content (AvgIpc) is 3.16. The maximum Gasteiger partial charge on any atom is 0.257 e. The molecule has 3 aromatic carbocycles. The predicted octanol–water partition coefficient (Wildman–Crippen LogP) is 4.37. The Morgan fingerprint density at radius 2 is 1.63 bits per heavy atom. The molecule has 0 saturated carbocycles. The molecule has 6 nitrogen and oxygen atoms in total. The van der Waals surface area contributed by atoms with Gasteiger partial charge in [0.1, 0.15) is 0 Å². The first-order chi connectivity index (χ1) is 14.4. The molecule has 0 saturated heterocycles. The summed E-state index contributed by atoms with van der Waals surface area (Å²) < 4.78 is 27.9. The maximum absolute atomic E-state index is 12.8. The van der Waals surface area contributed by atoms with Gasteiger partial charge in [0.05, 0.1) is 15.1 Å². The largest absolute Gasteiger partial charge is 0.298 e. The fraction of sp³-hybridized carbons (Fsp3) is 0.0909. The number of para-hydroxylation sites is 1. The Morgan fingerprint density at radius 1 is 0.967 bits per heavy atom. The summed E-state index contributed by atoms with van der Waals surface area (Å²) in [5.41, 5.74) is 2.08. The van der Waals surface area contributed by atoms with Crippen molar-refractivity contribution >= 4 is 42.6 Å². The number of aromatic nitrogens is 1. The van der Waals surface area contributed by atoms with Crippen LogP contribution in [0.25, 0.3) is 10.2 Å². The van der Waals surface area contributed by atoms with E-state index >= 15 is 0 Å². The van der Waals surface area contributed by atoms with Crippen LogP contribution in [0.15, 0.2) is 83.8 Å². The zero-order valence-corrected chi connectivity index (χ0v) is 17.8. The lowest BCUT2D eigenvalue weighted by Crippen LogP contribution is -2.26. The van der Waals surface area contributed by atoms with E-state index in [1.807, 2.05) is 54.6 Å². The van der Waals surface area contributed by atoms with Crippen LogP contribution in [0.4, 0.5) is 5.13 Å². The summed E-state index contributed by atoms with van der Waals surface area (Å²) in [7, 11) is -2.13. The molecule has 4 aromatic rings. The van der Waals surface area contributed by atoms with Crippen molar-refractivity contribution in [3.05, 3.63) is 90.0 Å². The fourth-order valence-electron chi connectivity index (χ4n) is 2.98. The summed E-state index contributed by atoms with van der Waals surface area (Å²) in [5, 5.41) is 3.27. The van der Waals surface area contributed by atoms with Crippen molar-refractivity contribution in [3.63, 3.8) is 0 Å². The number of nitrogens with one attached hydrogen (secondary N) is 1. The van der Waals surface area contributed by atoms with E-state index in [-0.39, 0.29) is 17.3 Å². The van der Waals surface area contributed by atoms with Crippen LogP contribution in [0.5, 0.6) is 0 Å². The lowest BCUT2D eigenvalue weighted by Gasteiger charge is -2.17. The second-order valence-electron chi connectivity index (χ2n) is 6.71. The van der Waals surface area contributed by atoms with Crippen molar-refractivity contribution in [2.24, 2.45) is 0 Å². The third kappa shape index (κ3) is 4.25. The highest BCUT2D eigenvalue weighted by atomic mass is 32.2. The maximum atomic E-state index is 12.8. The number of nitrogens with zero attached hydrogens (tertiary/aromatic N) is 2. The number of rotatable bonds is 6. The van der Waals surface area contributed by atoms with Crippen molar-refractivity contribution in [1.29, 1.82) is 0 Å². The first-order valence-electron chi connectivity index (χ1n) is 9.21. The van der Waals surface area contributed by atoms with Crippen LogP contribution in [0.2, 0.25) is 0 Å². The molecule has 4 rings (SSSR count). The molecule has 1 amide bonds. The van der Waals surface area contributed by atoms with E-state index in [0.29, 0.717) is 10.7 Å². The van der Waals surface area contributed by atoms with Crippen LogP contribution in [-0.2, 0) is 16.6 Å². The van der Waals surface area contributed by atoms with Gasteiger partial charge in [0.25, 0.3) is 5.91 Å². The minimum atomic E-state index is -3.66. The number of carbonyl (C=O) groups is 1. The number of carbonyl (C=O) groups excluding carboxylic acids is 1. The van der Waals surface area contributed by atoms with Gasteiger partial charge in [-0.3, -0.25) is 10.1 Å². The molecular weight excluding hydrogens is 418 g/mol. The Bertz CT molecular complexity index is 1250. The molecule has 0 unspecified atom stereocenters. The van der Waals surface area contributed by atoms with E-state index < -0.39 is 10.0 Å². The van der Waals surface area contributed by atoms with E-state index in [0.717, 1.165) is 15.8 Å². The standard InChI is InChI=1S/C22H19N3O3S2/c1-25(15-16-7-3-2-4-8-16)30(27,28)18-13-11-17(12-14-18)21(26)24-22-23-19-9-5-6-10-20(19)29-22/h2-14H,15H2,1H3,(H,23,24,26). The summed E-state index contributed by atoms with van der Waals surface area (Å²) in [6.07, 6.45) is 0. The molecule has 1 heterocycles. The van der Waals surface area contributed by atoms with Crippen molar-refractivity contribution in [2.75, 3.05) is 12.4 Å². The van der Waals surface area contributed by atoms with E-state index in [2.05, 4.69) is 10.3 Å². The molecule has 0 bridgehead atoms. The van der Waals surface area contributed by atoms with Gasteiger partial charge >= 0.3 is 0 Å². The van der Waals surface area contributed by atoms with Gasteiger partial charge in [-0.15, -0.1) is 0 Å². The molecule has 0 aliphatic rings. The summed E-state index contributed by atoms with van der Waals surface area (Å²) >= 11 is 1.39. The normalized spacial score (nSPS) is 11.7. The summed E-state index contributed by atoms with van der Waals surface area (Å²) in [4.78, 5) is 17.0. The molecule has 1 aromatic heterocycles. The Kier molecular flexibility index (Phi) is 5.63. The van der Waals surface area contributed by atoms with E-state index in [9.17, 15) is 13.2 Å². The van der Waals surface area contributed by atoms with Gasteiger partial charge < -0.3 is 0 Å².